The highest BCUT2D eigenvalue weighted by Crippen LogP contribution is 2.35. The van der Waals surface area contributed by atoms with Gasteiger partial charge < -0.3 is 9.47 Å². The van der Waals surface area contributed by atoms with Gasteiger partial charge in [0, 0.05) is 5.39 Å². The normalized spacial score (nSPS) is 11.4. The van der Waals surface area contributed by atoms with Gasteiger partial charge >= 0.3 is 0 Å². The largest absolute Gasteiger partial charge is 0.494 e. The Bertz CT molecular complexity index is 635. The van der Waals surface area contributed by atoms with Crippen LogP contribution in [0.15, 0.2) is 30.3 Å². The van der Waals surface area contributed by atoms with Crippen molar-refractivity contribution in [3.8, 4) is 11.5 Å². The Hall–Kier alpha value is -1.41. The van der Waals surface area contributed by atoms with Gasteiger partial charge in [0.15, 0.2) is 0 Å². The third kappa shape index (κ3) is 5.31. The second-order valence-electron chi connectivity index (χ2n) is 6.82. The Morgan fingerprint density at radius 2 is 1.52 bits per heavy atom. The van der Waals surface area contributed by atoms with Crippen LogP contribution >= 0.6 is 11.6 Å². The number of fused-ring (bicyclic) bond motifs is 1. The third-order valence-corrected chi connectivity index (χ3v) is 4.10. The molecule has 0 atom stereocenters. The molecule has 2 rings (SSSR count). The maximum absolute atomic E-state index is 6.32. The number of benzene rings is 2. The summed E-state index contributed by atoms with van der Waals surface area (Å²) in [6.07, 6.45) is 2.07. The van der Waals surface area contributed by atoms with E-state index >= 15 is 0 Å². The number of halogens is 1. The van der Waals surface area contributed by atoms with Gasteiger partial charge in [0.2, 0.25) is 0 Å². The van der Waals surface area contributed by atoms with Gasteiger partial charge in [-0.3, -0.25) is 0 Å². The van der Waals surface area contributed by atoms with E-state index in [1.165, 1.54) is 0 Å². The molecular formula is C20H27ClO2. The first-order valence-electron chi connectivity index (χ1n) is 8.45. The molecule has 3 heteroatoms. The summed E-state index contributed by atoms with van der Waals surface area (Å²) in [5.74, 6) is 2.94. The first kappa shape index (κ1) is 17.9. The first-order chi connectivity index (χ1) is 11.0. The lowest BCUT2D eigenvalue weighted by molar-refractivity contribution is 0.289. The van der Waals surface area contributed by atoms with Crippen molar-refractivity contribution in [1.29, 1.82) is 0 Å². The maximum Gasteiger partial charge on any atom is 0.145 e. The van der Waals surface area contributed by atoms with Gasteiger partial charge in [-0.1, -0.05) is 45.4 Å². The fraction of sp³-hybridized carbons (Fsp3) is 0.500. The highest BCUT2D eigenvalue weighted by atomic mass is 35.5. The fourth-order valence-electron chi connectivity index (χ4n) is 2.30. The van der Waals surface area contributed by atoms with Crippen LogP contribution < -0.4 is 9.47 Å². The average molecular weight is 335 g/mol. The molecular weight excluding hydrogens is 308 g/mol. The van der Waals surface area contributed by atoms with Crippen LogP contribution in [-0.4, -0.2) is 13.2 Å². The highest BCUT2D eigenvalue weighted by molar-refractivity contribution is 6.33. The molecule has 0 N–H and O–H groups in total. The van der Waals surface area contributed by atoms with Crippen LogP contribution in [0.5, 0.6) is 11.5 Å². The van der Waals surface area contributed by atoms with Gasteiger partial charge in [0.1, 0.15) is 11.5 Å². The van der Waals surface area contributed by atoms with Crippen molar-refractivity contribution in [2.75, 3.05) is 13.2 Å². The zero-order valence-electron chi connectivity index (χ0n) is 14.6. The Morgan fingerprint density at radius 3 is 2.17 bits per heavy atom. The molecule has 126 valence electrons. The van der Waals surface area contributed by atoms with Crippen molar-refractivity contribution in [3.63, 3.8) is 0 Å². The van der Waals surface area contributed by atoms with Crippen LogP contribution in [0.4, 0.5) is 0 Å². The fourth-order valence-corrected chi connectivity index (χ4v) is 2.52. The van der Waals surface area contributed by atoms with E-state index in [-0.39, 0.29) is 0 Å². The first-order valence-corrected chi connectivity index (χ1v) is 8.83. The average Bonchev–Trinajstić information content (AvgIpc) is 2.49. The van der Waals surface area contributed by atoms with E-state index in [0.717, 1.165) is 41.7 Å². The number of hydrogen-bond acceptors (Lipinski definition) is 2. The van der Waals surface area contributed by atoms with E-state index in [1.54, 1.807) is 0 Å². The molecule has 0 amide bonds. The van der Waals surface area contributed by atoms with E-state index in [0.29, 0.717) is 23.5 Å². The Labute approximate surface area is 144 Å². The smallest absolute Gasteiger partial charge is 0.145 e. The molecule has 0 aromatic heterocycles. The predicted molar refractivity (Wildman–Crippen MR) is 98.9 cm³/mol. The summed E-state index contributed by atoms with van der Waals surface area (Å²) in [6, 6.07) is 10.0. The second-order valence-corrected chi connectivity index (χ2v) is 7.23. The van der Waals surface area contributed by atoms with E-state index in [9.17, 15) is 0 Å². The second kappa shape index (κ2) is 8.44. The molecule has 0 aliphatic carbocycles. The summed E-state index contributed by atoms with van der Waals surface area (Å²) in [5, 5.41) is 2.79. The molecule has 0 unspecified atom stereocenters. The zero-order valence-corrected chi connectivity index (χ0v) is 15.3. The Morgan fingerprint density at radius 1 is 0.870 bits per heavy atom. The number of rotatable bonds is 8. The molecule has 0 fully saturated rings. The topological polar surface area (TPSA) is 18.5 Å². The predicted octanol–water partition coefficient (Wildman–Crippen LogP) is 6.34. The van der Waals surface area contributed by atoms with Crippen LogP contribution in [0, 0.1) is 11.8 Å². The summed E-state index contributed by atoms with van der Waals surface area (Å²) in [5.41, 5.74) is 0. The van der Waals surface area contributed by atoms with Crippen molar-refractivity contribution in [3.05, 3.63) is 35.4 Å². The van der Waals surface area contributed by atoms with Crippen molar-refractivity contribution in [2.45, 2.75) is 40.5 Å². The monoisotopic (exact) mass is 334 g/mol. The molecule has 0 radical (unpaired) electrons. The van der Waals surface area contributed by atoms with Gasteiger partial charge in [0.05, 0.1) is 18.2 Å². The molecule has 0 spiro atoms. The molecule has 0 bridgehead atoms. The van der Waals surface area contributed by atoms with Gasteiger partial charge in [-0.25, -0.2) is 0 Å². The lowest BCUT2D eigenvalue weighted by Crippen LogP contribution is -2.03. The lowest BCUT2D eigenvalue weighted by atomic mass is 10.1. The molecule has 0 aliphatic rings. The van der Waals surface area contributed by atoms with Crippen LogP contribution in [0.1, 0.15) is 40.5 Å². The minimum atomic E-state index is 0.615. The van der Waals surface area contributed by atoms with Crippen LogP contribution in [-0.2, 0) is 0 Å². The van der Waals surface area contributed by atoms with E-state index in [4.69, 9.17) is 21.1 Å². The van der Waals surface area contributed by atoms with E-state index < -0.39 is 0 Å². The maximum atomic E-state index is 6.32. The van der Waals surface area contributed by atoms with Gasteiger partial charge in [-0.2, -0.15) is 0 Å². The van der Waals surface area contributed by atoms with Crippen LogP contribution in [0.3, 0.4) is 0 Å². The minimum Gasteiger partial charge on any atom is -0.494 e. The molecule has 0 saturated heterocycles. The lowest BCUT2D eigenvalue weighted by Gasteiger charge is -2.14. The molecule has 0 aliphatic heterocycles. The third-order valence-electron chi connectivity index (χ3n) is 3.80. The van der Waals surface area contributed by atoms with Gasteiger partial charge in [0.25, 0.3) is 0 Å². The molecule has 0 heterocycles. The van der Waals surface area contributed by atoms with E-state index in [2.05, 4.69) is 33.8 Å². The van der Waals surface area contributed by atoms with Crippen LogP contribution in [0.2, 0.25) is 5.02 Å². The van der Waals surface area contributed by atoms with Crippen molar-refractivity contribution >= 4 is 22.4 Å². The number of hydrogen-bond donors (Lipinski definition) is 0. The van der Waals surface area contributed by atoms with E-state index in [1.807, 2.05) is 24.3 Å². The Kier molecular flexibility index (Phi) is 6.59. The number of ether oxygens (including phenoxy) is 2. The molecule has 2 aromatic rings. The molecule has 23 heavy (non-hydrogen) atoms. The van der Waals surface area contributed by atoms with Crippen molar-refractivity contribution < 1.29 is 9.47 Å². The Balaban J connectivity index is 2.15. The minimum absolute atomic E-state index is 0.615. The molecule has 0 saturated carbocycles. The SMILES string of the molecule is CC(C)CCOc1ccc2c(OCCC(C)C)c(Cl)ccc2c1. The van der Waals surface area contributed by atoms with Crippen molar-refractivity contribution in [1.82, 2.24) is 0 Å². The van der Waals surface area contributed by atoms with Gasteiger partial charge in [-0.05, 0) is 54.3 Å². The van der Waals surface area contributed by atoms with Crippen LogP contribution in [0.25, 0.3) is 10.8 Å². The quantitative estimate of drug-likeness (QED) is 0.560. The van der Waals surface area contributed by atoms with Gasteiger partial charge in [-0.15, -0.1) is 0 Å². The highest BCUT2D eigenvalue weighted by Gasteiger charge is 2.09. The summed E-state index contributed by atoms with van der Waals surface area (Å²) in [6.45, 7) is 10.2. The summed E-state index contributed by atoms with van der Waals surface area (Å²) in [7, 11) is 0. The zero-order chi connectivity index (χ0) is 16.8. The molecule has 2 aromatic carbocycles. The molecule has 2 nitrogen and oxygen atoms in total. The standard InChI is InChI=1S/C20H27ClO2/c1-14(2)9-11-22-17-6-7-18-16(13-17)5-8-19(21)20(18)23-12-10-15(3)4/h5-8,13-15H,9-12H2,1-4H3. The van der Waals surface area contributed by atoms with Crippen molar-refractivity contribution in [2.24, 2.45) is 11.8 Å². The summed E-state index contributed by atoms with van der Waals surface area (Å²) < 4.78 is 11.8. The summed E-state index contributed by atoms with van der Waals surface area (Å²) >= 11 is 6.32. The summed E-state index contributed by atoms with van der Waals surface area (Å²) in [4.78, 5) is 0.